The lowest BCUT2D eigenvalue weighted by Crippen LogP contribution is -2.53. The number of nitrogens with zero attached hydrogens (tertiary/aromatic N) is 1. The minimum atomic E-state index is -1.08. The van der Waals surface area contributed by atoms with Gasteiger partial charge in [0, 0.05) is 25.5 Å². The van der Waals surface area contributed by atoms with E-state index in [9.17, 15) is 19.8 Å². The van der Waals surface area contributed by atoms with Crippen molar-refractivity contribution in [1.29, 1.82) is 0 Å². The van der Waals surface area contributed by atoms with Gasteiger partial charge < -0.3 is 19.8 Å². The molecular formula is C22H22INO5. The van der Waals surface area contributed by atoms with Gasteiger partial charge in [-0.3, -0.25) is 4.79 Å². The number of hydrogen-bond acceptors (Lipinski definition) is 4. The molecule has 7 heteroatoms. The maximum atomic E-state index is 12.4. The van der Waals surface area contributed by atoms with Crippen LogP contribution in [0.5, 0.6) is 5.75 Å². The Labute approximate surface area is 182 Å². The number of aliphatic hydroxyl groups excluding tert-OH is 1. The Bertz CT molecular complexity index is 914. The summed E-state index contributed by atoms with van der Waals surface area (Å²) in [5.41, 5.74) is 1.02. The van der Waals surface area contributed by atoms with Crippen LogP contribution in [-0.4, -0.2) is 45.2 Å². The van der Waals surface area contributed by atoms with Gasteiger partial charge in [-0.25, -0.2) is 4.79 Å². The molecule has 0 saturated carbocycles. The van der Waals surface area contributed by atoms with Crippen LogP contribution in [0.15, 0.2) is 66.2 Å². The minimum absolute atomic E-state index is 0.0503. The summed E-state index contributed by atoms with van der Waals surface area (Å²) in [7, 11) is 0. The highest BCUT2D eigenvalue weighted by Gasteiger charge is 2.39. The van der Waals surface area contributed by atoms with E-state index in [1.165, 1.54) is 17.9 Å². The Balaban J connectivity index is 1.91. The first-order valence-corrected chi connectivity index (χ1v) is 10.3. The molecule has 3 rings (SSSR count). The fourth-order valence-electron chi connectivity index (χ4n) is 3.42. The highest BCUT2D eigenvalue weighted by Crippen LogP contribution is 2.30. The fourth-order valence-corrected chi connectivity index (χ4v) is 3.93. The van der Waals surface area contributed by atoms with Crippen molar-refractivity contribution in [2.75, 3.05) is 0 Å². The van der Waals surface area contributed by atoms with Crippen molar-refractivity contribution in [1.82, 2.24) is 4.90 Å². The van der Waals surface area contributed by atoms with Crippen LogP contribution < -0.4 is 4.74 Å². The maximum Gasteiger partial charge on any atom is 0.331 e. The van der Waals surface area contributed by atoms with Crippen LogP contribution in [0.1, 0.15) is 18.9 Å². The van der Waals surface area contributed by atoms with E-state index in [1.54, 1.807) is 6.07 Å². The Kier molecular flexibility index (Phi) is 6.92. The Morgan fingerprint density at radius 2 is 1.79 bits per heavy atom. The second kappa shape index (κ2) is 9.41. The van der Waals surface area contributed by atoms with Crippen LogP contribution in [-0.2, 0) is 16.1 Å². The van der Waals surface area contributed by atoms with E-state index >= 15 is 0 Å². The van der Waals surface area contributed by atoms with Crippen molar-refractivity contribution in [3.63, 3.8) is 0 Å². The molecule has 3 atom stereocenters. The standard InChI is InChI=1S/C22H22INO5/c1-14(25)24(13-15-7-3-2-4-8-15)18-11-16(22(27)28)12-20(21(18)26)29-19-10-6-5-9-17(19)23/h2-10,12,18,20-21,26H,11,13H2,1H3,(H,27,28). The largest absolute Gasteiger partial charge is 0.482 e. The normalized spacial score (nSPS) is 21.2. The first-order chi connectivity index (χ1) is 13.9. The Morgan fingerprint density at radius 1 is 1.14 bits per heavy atom. The second-order valence-corrected chi connectivity index (χ2v) is 8.07. The van der Waals surface area contributed by atoms with Gasteiger partial charge in [0.15, 0.2) is 0 Å². The summed E-state index contributed by atoms with van der Waals surface area (Å²) in [6.07, 6.45) is -0.461. The summed E-state index contributed by atoms with van der Waals surface area (Å²) in [6, 6.07) is 16.0. The van der Waals surface area contributed by atoms with Gasteiger partial charge in [0.25, 0.3) is 0 Å². The second-order valence-electron chi connectivity index (χ2n) is 6.90. The van der Waals surface area contributed by atoms with Crippen molar-refractivity contribution in [3.8, 4) is 5.75 Å². The highest BCUT2D eigenvalue weighted by molar-refractivity contribution is 14.1. The first-order valence-electron chi connectivity index (χ1n) is 9.21. The van der Waals surface area contributed by atoms with Gasteiger partial charge in [-0.05, 0) is 46.4 Å². The molecule has 1 aliphatic carbocycles. The lowest BCUT2D eigenvalue weighted by atomic mass is 9.88. The topological polar surface area (TPSA) is 87.1 Å². The molecular weight excluding hydrogens is 485 g/mol. The van der Waals surface area contributed by atoms with Crippen molar-refractivity contribution < 1.29 is 24.5 Å². The molecule has 1 aliphatic rings. The van der Waals surface area contributed by atoms with Gasteiger partial charge in [0.1, 0.15) is 18.0 Å². The monoisotopic (exact) mass is 507 g/mol. The van der Waals surface area contributed by atoms with Crippen LogP contribution in [0.2, 0.25) is 0 Å². The summed E-state index contributed by atoms with van der Waals surface area (Å²) in [4.78, 5) is 25.6. The van der Waals surface area contributed by atoms with Crippen molar-refractivity contribution in [2.24, 2.45) is 0 Å². The summed E-state index contributed by atoms with van der Waals surface area (Å²) in [5.74, 6) is -0.768. The molecule has 0 radical (unpaired) electrons. The van der Waals surface area contributed by atoms with Gasteiger partial charge in [0.2, 0.25) is 5.91 Å². The van der Waals surface area contributed by atoms with Crippen LogP contribution in [0.3, 0.4) is 0 Å². The van der Waals surface area contributed by atoms with E-state index in [-0.39, 0.29) is 24.4 Å². The average molecular weight is 507 g/mol. The smallest absolute Gasteiger partial charge is 0.331 e. The first kappa shape index (κ1) is 21.3. The molecule has 1 amide bonds. The van der Waals surface area contributed by atoms with Crippen LogP contribution in [0.4, 0.5) is 0 Å². The van der Waals surface area contributed by atoms with Crippen molar-refractivity contribution in [2.45, 2.75) is 38.1 Å². The number of carboxylic acid groups (broad SMARTS) is 1. The number of ether oxygens (including phenoxy) is 1. The molecule has 29 heavy (non-hydrogen) atoms. The van der Waals surface area contributed by atoms with E-state index in [2.05, 4.69) is 22.6 Å². The molecule has 152 valence electrons. The molecule has 2 aromatic carbocycles. The quantitative estimate of drug-likeness (QED) is 0.587. The van der Waals surface area contributed by atoms with Crippen molar-refractivity contribution in [3.05, 3.63) is 75.4 Å². The number of carbonyl (C=O) groups is 2. The van der Waals surface area contributed by atoms with Gasteiger partial charge in [-0.15, -0.1) is 0 Å². The zero-order valence-corrected chi connectivity index (χ0v) is 18.0. The fraction of sp³-hybridized carbons (Fsp3) is 0.273. The van der Waals surface area contributed by atoms with E-state index in [1.807, 2.05) is 48.5 Å². The van der Waals surface area contributed by atoms with E-state index in [4.69, 9.17) is 4.74 Å². The molecule has 0 spiro atoms. The zero-order chi connectivity index (χ0) is 21.0. The third kappa shape index (κ3) is 5.16. The van der Waals surface area contributed by atoms with Crippen LogP contribution in [0, 0.1) is 3.57 Å². The number of hydrogen-bond donors (Lipinski definition) is 2. The van der Waals surface area contributed by atoms with E-state index in [0.29, 0.717) is 5.75 Å². The molecule has 6 nitrogen and oxygen atoms in total. The van der Waals surface area contributed by atoms with Gasteiger partial charge in [-0.1, -0.05) is 42.5 Å². The van der Waals surface area contributed by atoms with Gasteiger partial charge in [0.05, 0.1) is 9.61 Å². The molecule has 0 aliphatic heterocycles. The molecule has 2 aromatic rings. The Hall–Kier alpha value is -2.39. The van der Waals surface area contributed by atoms with Gasteiger partial charge in [-0.2, -0.15) is 0 Å². The Morgan fingerprint density at radius 3 is 2.41 bits per heavy atom. The molecule has 0 bridgehead atoms. The minimum Gasteiger partial charge on any atom is -0.482 e. The molecule has 0 saturated heterocycles. The lowest BCUT2D eigenvalue weighted by Gasteiger charge is -2.39. The number of carbonyl (C=O) groups excluding carboxylic acids is 1. The third-order valence-corrected chi connectivity index (χ3v) is 5.79. The van der Waals surface area contributed by atoms with Gasteiger partial charge >= 0.3 is 5.97 Å². The van der Waals surface area contributed by atoms with Crippen LogP contribution >= 0.6 is 22.6 Å². The number of halogens is 1. The molecule has 0 heterocycles. The molecule has 0 aromatic heterocycles. The number of carboxylic acids is 1. The average Bonchev–Trinajstić information content (AvgIpc) is 2.70. The highest BCUT2D eigenvalue weighted by atomic mass is 127. The number of aliphatic carboxylic acids is 1. The van der Waals surface area contributed by atoms with Crippen LogP contribution in [0.25, 0.3) is 0 Å². The molecule has 0 fully saturated rings. The molecule has 3 unspecified atom stereocenters. The number of rotatable bonds is 6. The predicted molar refractivity (Wildman–Crippen MR) is 116 cm³/mol. The maximum absolute atomic E-state index is 12.4. The number of amides is 1. The lowest BCUT2D eigenvalue weighted by molar-refractivity contribution is -0.139. The summed E-state index contributed by atoms with van der Waals surface area (Å²) < 4.78 is 6.80. The van der Waals surface area contributed by atoms with E-state index < -0.39 is 24.2 Å². The number of aliphatic hydroxyl groups is 1. The zero-order valence-electron chi connectivity index (χ0n) is 15.9. The third-order valence-electron chi connectivity index (χ3n) is 4.90. The summed E-state index contributed by atoms with van der Waals surface area (Å²) in [5, 5.41) is 20.6. The summed E-state index contributed by atoms with van der Waals surface area (Å²) in [6.45, 7) is 1.70. The molecule has 2 N–H and O–H groups in total. The summed E-state index contributed by atoms with van der Waals surface area (Å²) >= 11 is 2.12. The van der Waals surface area contributed by atoms with E-state index in [0.717, 1.165) is 9.13 Å². The number of benzene rings is 2. The SMILES string of the molecule is CC(=O)N(Cc1ccccc1)C1CC(C(=O)O)=CC(Oc2ccccc2I)C1O. The van der Waals surface area contributed by atoms with Crippen molar-refractivity contribution >= 4 is 34.5 Å². The predicted octanol–water partition coefficient (Wildman–Crippen LogP) is 3.23. The number of para-hydroxylation sites is 1.